The molecule has 0 bridgehead atoms. The monoisotopic (exact) mass is 488 g/mol. The molecule has 0 radical (unpaired) electrons. The zero-order chi connectivity index (χ0) is 23.7. The maximum Gasteiger partial charge on any atom is 0.248 e. The number of anilines is 1. The van der Waals surface area contributed by atoms with Crippen LogP contribution < -0.4 is 5.32 Å². The molecule has 2 aromatic heterocycles. The lowest BCUT2D eigenvalue weighted by Gasteiger charge is -2.09. The molecule has 5 aromatic rings. The molecule has 0 saturated carbocycles. The molecular weight excluding hydrogens is 471 g/mol. The lowest BCUT2D eigenvalue weighted by Crippen LogP contribution is -2.09. The van der Waals surface area contributed by atoms with E-state index in [1.807, 2.05) is 55.5 Å². The zero-order valence-corrected chi connectivity index (χ0v) is 19.5. The molecule has 1 N–H and O–H groups in total. The molecule has 0 spiro atoms. The standard InChI is InChI=1S/C27H18Cl2N2O3/c1-16-18(27-31-22-9-2-3-11-24(22)34-27)6-5-10-21(16)30-25(32)15-13-17-12-14-23(33-17)19-7-4-8-20(28)26(19)29/h2-15H,1H3,(H,30,32). The van der Waals surface area contributed by atoms with Crippen molar-refractivity contribution < 1.29 is 13.6 Å². The summed E-state index contributed by atoms with van der Waals surface area (Å²) in [6.07, 6.45) is 3.00. The second-order valence-corrected chi connectivity index (χ2v) is 8.38. The highest BCUT2D eigenvalue weighted by Gasteiger charge is 2.14. The first-order valence-electron chi connectivity index (χ1n) is 10.5. The largest absolute Gasteiger partial charge is 0.457 e. The fourth-order valence-corrected chi connectivity index (χ4v) is 4.00. The summed E-state index contributed by atoms with van der Waals surface area (Å²) in [5.74, 6) is 1.29. The molecule has 2 heterocycles. The number of halogens is 2. The van der Waals surface area contributed by atoms with E-state index in [1.165, 1.54) is 6.08 Å². The van der Waals surface area contributed by atoms with E-state index < -0.39 is 0 Å². The Balaban J connectivity index is 1.33. The first kappa shape index (κ1) is 22.0. The van der Waals surface area contributed by atoms with Crippen molar-refractivity contribution in [3.05, 3.63) is 100 Å². The van der Waals surface area contributed by atoms with Crippen molar-refractivity contribution in [2.45, 2.75) is 6.92 Å². The third-order valence-corrected chi connectivity index (χ3v) is 6.18. The Morgan fingerprint density at radius 1 is 0.912 bits per heavy atom. The van der Waals surface area contributed by atoms with Crippen LogP contribution in [0.1, 0.15) is 11.3 Å². The molecule has 0 saturated heterocycles. The lowest BCUT2D eigenvalue weighted by molar-refractivity contribution is -0.111. The summed E-state index contributed by atoms with van der Waals surface area (Å²) in [6.45, 7) is 1.91. The van der Waals surface area contributed by atoms with Crippen molar-refractivity contribution in [2.24, 2.45) is 0 Å². The van der Waals surface area contributed by atoms with Gasteiger partial charge in [-0.1, -0.05) is 47.5 Å². The molecule has 7 heteroatoms. The number of fused-ring (bicyclic) bond motifs is 1. The van der Waals surface area contributed by atoms with Gasteiger partial charge in [-0.15, -0.1) is 0 Å². The highest BCUT2D eigenvalue weighted by molar-refractivity contribution is 6.43. The molecule has 3 aromatic carbocycles. The Morgan fingerprint density at radius 2 is 1.71 bits per heavy atom. The van der Waals surface area contributed by atoms with E-state index in [2.05, 4.69) is 10.3 Å². The van der Waals surface area contributed by atoms with Gasteiger partial charge in [-0.2, -0.15) is 0 Å². The Labute approximate surface area is 205 Å². The van der Waals surface area contributed by atoms with Crippen molar-refractivity contribution >= 4 is 52.0 Å². The van der Waals surface area contributed by atoms with Crippen molar-refractivity contribution in [1.82, 2.24) is 4.98 Å². The number of nitrogens with zero attached hydrogens (tertiary/aromatic N) is 1. The van der Waals surface area contributed by atoms with Crippen molar-refractivity contribution in [3.8, 4) is 22.8 Å². The SMILES string of the molecule is Cc1c(NC(=O)C=Cc2ccc(-c3cccc(Cl)c3Cl)o2)cccc1-c1nc2ccccc2o1. The summed E-state index contributed by atoms with van der Waals surface area (Å²) >= 11 is 12.3. The van der Waals surface area contributed by atoms with E-state index in [1.54, 1.807) is 30.3 Å². The van der Waals surface area contributed by atoms with Gasteiger partial charge in [0, 0.05) is 22.9 Å². The van der Waals surface area contributed by atoms with E-state index in [-0.39, 0.29) is 5.91 Å². The first-order valence-corrected chi connectivity index (χ1v) is 11.2. The fraction of sp³-hybridized carbons (Fsp3) is 0.0370. The number of para-hydroxylation sites is 2. The maximum absolute atomic E-state index is 12.6. The minimum absolute atomic E-state index is 0.295. The first-order chi connectivity index (χ1) is 16.5. The Kier molecular flexibility index (Phi) is 5.97. The number of oxazole rings is 1. The van der Waals surface area contributed by atoms with Gasteiger partial charge < -0.3 is 14.2 Å². The number of rotatable bonds is 5. The quantitative estimate of drug-likeness (QED) is 0.254. The van der Waals surface area contributed by atoms with Gasteiger partial charge in [-0.25, -0.2) is 4.98 Å². The molecule has 34 heavy (non-hydrogen) atoms. The van der Waals surface area contributed by atoms with Crippen molar-refractivity contribution in [2.75, 3.05) is 5.32 Å². The Hall–Kier alpha value is -3.80. The summed E-state index contributed by atoms with van der Waals surface area (Å²) in [7, 11) is 0. The molecule has 5 nitrogen and oxygen atoms in total. The van der Waals surface area contributed by atoms with E-state index in [9.17, 15) is 4.79 Å². The van der Waals surface area contributed by atoms with E-state index in [0.29, 0.717) is 44.3 Å². The smallest absolute Gasteiger partial charge is 0.248 e. The van der Waals surface area contributed by atoms with Gasteiger partial charge in [0.1, 0.15) is 17.0 Å². The number of furan rings is 1. The van der Waals surface area contributed by atoms with Crippen LogP contribution in [0.5, 0.6) is 0 Å². The molecule has 5 rings (SSSR count). The van der Waals surface area contributed by atoms with E-state index >= 15 is 0 Å². The average Bonchev–Trinajstić information content (AvgIpc) is 3.48. The number of hydrogen-bond acceptors (Lipinski definition) is 4. The predicted molar refractivity (Wildman–Crippen MR) is 136 cm³/mol. The minimum atomic E-state index is -0.295. The number of hydrogen-bond donors (Lipinski definition) is 1. The van der Waals surface area contributed by atoms with Gasteiger partial charge in [0.25, 0.3) is 0 Å². The predicted octanol–water partition coefficient (Wildman–Crippen LogP) is 8.02. The van der Waals surface area contributed by atoms with Gasteiger partial charge in [0.05, 0.1) is 10.0 Å². The van der Waals surface area contributed by atoms with Crippen LogP contribution in [0.15, 0.2) is 87.7 Å². The average molecular weight is 489 g/mol. The maximum atomic E-state index is 12.6. The highest BCUT2D eigenvalue weighted by atomic mass is 35.5. The van der Waals surface area contributed by atoms with Crippen LogP contribution in [-0.2, 0) is 4.79 Å². The van der Waals surface area contributed by atoms with Gasteiger partial charge in [0.15, 0.2) is 5.58 Å². The number of carbonyl (C=O) groups is 1. The number of carbonyl (C=O) groups excluding carboxylic acids is 1. The van der Waals surface area contributed by atoms with Crippen LogP contribution in [-0.4, -0.2) is 10.9 Å². The third kappa shape index (κ3) is 4.36. The van der Waals surface area contributed by atoms with E-state index in [4.69, 9.17) is 32.0 Å². The summed E-state index contributed by atoms with van der Waals surface area (Å²) < 4.78 is 11.7. The normalized spacial score (nSPS) is 11.4. The Bertz CT molecular complexity index is 1520. The molecule has 0 unspecified atom stereocenters. The van der Waals surface area contributed by atoms with E-state index in [0.717, 1.165) is 16.6 Å². The van der Waals surface area contributed by atoms with Gasteiger partial charge in [-0.3, -0.25) is 4.79 Å². The summed E-state index contributed by atoms with van der Waals surface area (Å²) in [4.78, 5) is 17.1. The molecule has 0 aliphatic rings. The highest BCUT2D eigenvalue weighted by Crippen LogP contribution is 2.34. The number of aromatic nitrogens is 1. The van der Waals surface area contributed by atoms with Gasteiger partial charge in [-0.05, 0) is 67.1 Å². The van der Waals surface area contributed by atoms with Crippen LogP contribution in [0.4, 0.5) is 5.69 Å². The molecule has 0 aliphatic heterocycles. The minimum Gasteiger partial charge on any atom is -0.457 e. The number of benzene rings is 3. The Morgan fingerprint density at radius 3 is 2.56 bits per heavy atom. The van der Waals surface area contributed by atoms with Crippen LogP contribution in [0.25, 0.3) is 40.0 Å². The molecule has 0 aliphatic carbocycles. The zero-order valence-electron chi connectivity index (χ0n) is 18.0. The molecule has 1 amide bonds. The third-order valence-electron chi connectivity index (χ3n) is 5.36. The summed E-state index contributed by atoms with van der Waals surface area (Å²) in [6, 6.07) is 22.1. The van der Waals surface area contributed by atoms with Gasteiger partial charge in [0.2, 0.25) is 11.8 Å². The molecule has 0 fully saturated rings. The van der Waals surface area contributed by atoms with Crippen molar-refractivity contribution in [3.63, 3.8) is 0 Å². The number of amides is 1. The van der Waals surface area contributed by atoms with Crippen LogP contribution >= 0.6 is 23.2 Å². The summed E-state index contributed by atoms with van der Waals surface area (Å²) in [5.41, 5.74) is 4.52. The van der Waals surface area contributed by atoms with Crippen LogP contribution in [0.2, 0.25) is 10.0 Å². The summed E-state index contributed by atoms with van der Waals surface area (Å²) in [5, 5.41) is 3.77. The molecule has 0 atom stereocenters. The fourth-order valence-electron chi connectivity index (χ4n) is 3.60. The molecular formula is C27H18Cl2N2O3. The number of nitrogens with one attached hydrogen (secondary N) is 1. The van der Waals surface area contributed by atoms with Gasteiger partial charge >= 0.3 is 0 Å². The molecule has 168 valence electrons. The lowest BCUT2D eigenvalue weighted by atomic mass is 10.1. The second kappa shape index (κ2) is 9.21. The van der Waals surface area contributed by atoms with Crippen LogP contribution in [0.3, 0.4) is 0 Å². The topological polar surface area (TPSA) is 68.3 Å². The van der Waals surface area contributed by atoms with Crippen molar-refractivity contribution in [1.29, 1.82) is 0 Å². The van der Waals surface area contributed by atoms with Crippen LogP contribution in [0, 0.1) is 6.92 Å². The second-order valence-electron chi connectivity index (χ2n) is 7.59.